The topological polar surface area (TPSA) is 66.5 Å². The largest absolute Gasteiger partial charge is 0.322 e. The van der Waals surface area contributed by atoms with Crippen LogP contribution in [0.4, 0.5) is 10.1 Å². The number of carbonyl (C=O) groups excluding carboxylic acids is 3. The van der Waals surface area contributed by atoms with Crippen LogP contribution < -0.4 is 5.32 Å². The van der Waals surface area contributed by atoms with Gasteiger partial charge in [-0.25, -0.2) is 4.39 Å². The second-order valence-corrected chi connectivity index (χ2v) is 6.64. The lowest BCUT2D eigenvalue weighted by Gasteiger charge is -2.26. The number of halogens is 1. The smallest absolute Gasteiger partial charge is 0.262 e. The molecule has 0 fully saturated rings. The van der Waals surface area contributed by atoms with E-state index in [1.54, 1.807) is 30.3 Å². The van der Waals surface area contributed by atoms with Gasteiger partial charge in [-0.3, -0.25) is 19.3 Å². The van der Waals surface area contributed by atoms with Gasteiger partial charge in [0.1, 0.15) is 11.9 Å². The molecule has 134 valence electrons. The van der Waals surface area contributed by atoms with Gasteiger partial charge in [0.2, 0.25) is 5.91 Å². The molecule has 1 atom stereocenters. The lowest BCUT2D eigenvalue weighted by atomic mass is 10.0. The van der Waals surface area contributed by atoms with Gasteiger partial charge in [0.15, 0.2) is 0 Å². The average Bonchev–Trinajstić information content (AvgIpc) is 2.86. The van der Waals surface area contributed by atoms with Crippen LogP contribution in [0.25, 0.3) is 0 Å². The van der Waals surface area contributed by atoms with Crippen LogP contribution in [-0.2, 0) is 4.79 Å². The average molecular weight is 354 g/mol. The van der Waals surface area contributed by atoms with Crippen LogP contribution in [-0.4, -0.2) is 28.7 Å². The zero-order valence-electron chi connectivity index (χ0n) is 14.5. The first kappa shape index (κ1) is 17.8. The van der Waals surface area contributed by atoms with E-state index in [0.29, 0.717) is 0 Å². The van der Waals surface area contributed by atoms with Crippen LogP contribution in [0.2, 0.25) is 0 Å². The van der Waals surface area contributed by atoms with E-state index >= 15 is 0 Å². The summed E-state index contributed by atoms with van der Waals surface area (Å²) < 4.78 is 13.9. The minimum absolute atomic E-state index is 0.0165. The molecule has 0 spiro atoms. The summed E-state index contributed by atoms with van der Waals surface area (Å²) in [4.78, 5) is 39.2. The predicted octanol–water partition coefficient (Wildman–Crippen LogP) is 3.48. The summed E-state index contributed by atoms with van der Waals surface area (Å²) in [6, 6.07) is 11.2. The summed E-state index contributed by atoms with van der Waals surface area (Å²) in [6.07, 6.45) is 0.283. The summed E-state index contributed by atoms with van der Waals surface area (Å²) in [5.74, 6) is -2.11. The van der Waals surface area contributed by atoms with Gasteiger partial charge >= 0.3 is 0 Å². The quantitative estimate of drug-likeness (QED) is 0.836. The highest BCUT2D eigenvalue weighted by Gasteiger charge is 2.42. The van der Waals surface area contributed by atoms with Gasteiger partial charge < -0.3 is 5.32 Å². The van der Waals surface area contributed by atoms with Gasteiger partial charge in [-0.1, -0.05) is 38.1 Å². The number of nitrogens with one attached hydrogen (secondary N) is 1. The molecule has 3 rings (SSSR count). The van der Waals surface area contributed by atoms with E-state index in [-0.39, 0.29) is 29.2 Å². The van der Waals surface area contributed by atoms with Gasteiger partial charge in [-0.05, 0) is 36.6 Å². The minimum atomic E-state index is -1.01. The minimum Gasteiger partial charge on any atom is -0.322 e. The third-order valence-corrected chi connectivity index (χ3v) is 4.27. The summed E-state index contributed by atoms with van der Waals surface area (Å²) in [7, 11) is 0. The number of fused-ring (bicyclic) bond motifs is 1. The Bertz CT molecular complexity index is 844. The fraction of sp³-hybridized carbons (Fsp3) is 0.250. The van der Waals surface area contributed by atoms with E-state index in [9.17, 15) is 18.8 Å². The van der Waals surface area contributed by atoms with Crippen molar-refractivity contribution >= 4 is 23.4 Å². The Morgan fingerprint density at radius 2 is 1.54 bits per heavy atom. The van der Waals surface area contributed by atoms with Crippen LogP contribution in [0.3, 0.4) is 0 Å². The molecule has 0 bridgehead atoms. The van der Waals surface area contributed by atoms with Crippen molar-refractivity contribution in [3.63, 3.8) is 0 Å². The van der Waals surface area contributed by atoms with Crippen molar-refractivity contribution < 1.29 is 18.8 Å². The fourth-order valence-corrected chi connectivity index (χ4v) is 3.05. The number of carbonyl (C=O) groups is 3. The number of hydrogen-bond donors (Lipinski definition) is 1. The Morgan fingerprint density at radius 3 is 2.08 bits per heavy atom. The summed E-state index contributed by atoms with van der Waals surface area (Å²) in [6.45, 7) is 3.78. The molecule has 0 saturated heterocycles. The van der Waals surface area contributed by atoms with Crippen molar-refractivity contribution in [1.82, 2.24) is 4.90 Å². The van der Waals surface area contributed by atoms with E-state index in [1.807, 2.05) is 13.8 Å². The van der Waals surface area contributed by atoms with Crippen molar-refractivity contribution in [2.75, 3.05) is 5.32 Å². The molecule has 26 heavy (non-hydrogen) atoms. The maximum atomic E-state index is 13.9. The molecule has 1 N–H and O–H groups in total. The highest BCUT2D eigenvalue weighted by molar-refractivity contribution is 6.23. The van der Waals surface area contributed by atoms with E-state index in [1.165, 1.54) is 18.2 Å². The third kappa shape index (κ3) is 3.22. The van der Waals surface area contributed by atoms with E-state index < -0.39 is 29.6 Å². The maximum absolute atomic E-state index is 13.9. The van der Waals surface area contributed by atoms with Crippen LogP contribution in [0, 0.1) is 11.7 Å². The Hall–Kier alpha value is -3.02. The Labute approximate surface area is 150 Å². The van der Waals surface area contributed by atoms with Crippen LogP contribution in [0.15, 0.2) is 48.5 Å². The zero-order chi connectivity index (χ0) is 18.8. The molecule has 5 nitrogen and oxygen atoms in total. The summed E-state index contributed by atoms with van der Waals surface area (Å²) >= 11 is 0. The molecule has 1 heterocycles. The van der Waals surface area contributed by atoms with Crippen LogP contribution >= 0.6 is 0 Å². The van der Waals surface area contributed by atoms with Crippen LogP contribution in [0.1, 0.15) is 41.0 Å². The standard InChI is InChI=1S/C20H19FN2O3/c1-12(2)11-17(18(24)22-16-10-6-5-9-15(16)21)23-19(25)13-7-3-4-8-14(13)20(23)26/h3-10,12,17H,11H2,1-2H3,(H,22,24). The number of imide groups is 1. The molecule has 1 aliphatic heterocycles. The van der Waals surface area contributed by atoms with Gasteiger partial charge in [0.05, 0.1) is 16.8 Å². The number of hydrogen-bond acceptors (Lipinski definition) is 3. The molecule has 6 heteroatoms. The Kier molecular flexibility index (Phi) is 4.84. The molecule has 1 aliphatic rings. The first-order valence-electron chi connectivity index (χ1n) is 8.42. The molecular formula is C20H19FN2O3. The molecule has 2 aromatic carbocycles. The highest BCUT2D eigenvalue weighted by Crippen LogP contribution is 2.27. The molecule has 0 aliphatic carbocycles. The summed E-state index contributed by atoms with van der Waals surface area (Å²) in [5, 5.41) is 2.50. The van der Waals surface area contributed by atoms with Crippen molar-refractivity contribution in [1.29, 1.82) is 0 Å². The highest BCUT2D eigenvalue weighted by atomic mass is 19.1. The summed E-state index contributed by atoms with van der Waals surface area (Å²) in [5.41, 5.74) is 0.581. The van der Waals surface area contributed by atoms with E-state index in [4.69, 9.17) is 0 Å². The van der Waals surface area contributed by atoms with Gasteiger partial charge in [-0.2, -0.15) is 0 Å². The lowest BCUT2D eigenvalue weighted by molar-refractivity contribution is -0.120. The van der Waals surface area contributed by atoms with Crippen molar-refractivity contribution in [3.05, 3.63) is 65.5 Å². The second-order valence-electron chi connectivity index (χ2n) is 6.64. The molecule has 0 saturated carbocycles. The lowest BCUT2D eigenvalue weighted by Crippen LogP contribution is -2.48. The Balaban J connectivity index is 1.92. The molecule has 3 amide bonds. The first-order chi connectivity index (χ1) is 12.4. The number of anilines is 1. The number of para-hydroxylation sites is 1. The fourth-order valence-electron chi connectivity index (χ4n) is 3.05. The predicted molar refractivity (Wildman–Crippen MR) is 95.2 cm³/mol. The zero-order valence-corrected chi connectivity index (χ0v) is 14.5. The van der Waals surface area contributed by atoms with Crippen molar-refractivity contribution in [3.8, 4) is 0 Å². The molecule has 0 aromatic heterocycles. The number of amides is 3. The molecule has 0 radical (unpaired) electrons. The number of benzene rings is 2. The molecule has 1 unspecified atom stereocenters. The SMILES string of the molecule is CC(C)CC(C(=O)Nc1ccccc1F)N1C(=O)c2ccccc2C1=O. The Morgan fingerprint density at radius 1 is 1.00 bits per heavy atom. The van der Waals surface area contributed by atoms with Crippen LogP contribution in [0.5, 0.6) is 0 Å². The van der Waals surface area contributed by atoms with Gasteiger partial charge in [0, 0.05) is 0 Å². The maximum Gasteiger partial charge on any atom is 0.262 e. The first-order valence-corrected chi connectivity index (χ1v) is 8.42. The van der Waals surface area contributed by atoms with E-state index in [2.05, 4.69) is 5.32 Å². The van der Waals surface area contributed by atoms with Crippen molar-refractivity contribution in [2.45, 2.75) is 26.3 Å². The number of nitrogens with zero attached hydrogens (tertiary/aromatic N) is 1. The molecular weight excluding hydrogens is 335 g/mol. The monoisotopic (exact) mass is 354 g/mol. The van der Waals surface area contributed by atoms with E-state index in [0.717, 1.165) is 4.90 Å². The number of rotatable bonds is 5. The van der Waals surface area contributed by atoms with Crippen molar-refractivity contribution in [2.24, 2.45) is 5.92 Å². The van der Waals surface area contributed by atoms with Gasteiger partial charge in [-0.15, -0.1) is 0 Å². The normalized spacial score (nSPS) is 14.5. The third-order valence-electron chi connectivity index (χ3n) is 4.27. The van der Waals surface area contributed by atoms with Gasteiger partial charge in [0.25, 0.3) is 11.8 Å². The molecule has 2 aromatic rings. The second kappa shape index (κ2) is 7.07.